The number of carboxylic acids is 1. The first kappa shape index (κ1) is 27.7. The summed E-state index contributed by atoms with van der Waals surface area (Å²) in [6.45, 7) is 11.4. The molecule has 7 nitrogen and oxygen atoms in total. The van der Waals surface area contributed by atoms with Crippen LogP contribution in [0.25, 0.3) is 0 Å². The van der Waals surface area contributed by atoms with Crippen molar-refractivity contribution in [1.29, 1.82) is 0 Å². The molecule has 4 aliphatic rings. The molecular formula is C28H47N3O4. The average Bonchev–Trinajstić information content (AvgIpc) is 2.72. The van der Waals surface area contributed by atoms with Gasteiger partial charge in [-0.15, -0.1) is 0 Å². The Kier molecular flexibility index (Phi) is 8.10. The Balaban J connectivity index is 1.83. The van der Waals surface area contributed by atoms with Gasteiger partial charge < -0.3 is 20.6 Å². The molecule has 3 N–H and O–H groups in total. The van der Waals surface area contributed by atoms with Crippen LogP contribution in [-0.2, 0) is 14.4 Å². The van der Waals surface area contributed by atoms with Gasteiger partial charge in [-0.25, -0.2) is 4.79 Å². The molecule has 198 valence electrons. The molecule has 0 unspecified atom stereocenters. The van der Waals surface area contributed by atoms with E-state index in [0.717, 1.165) is 37.0 Å². The summed E-state index contributed by atoms with van der Waals surface area (Å²) in [5, 5.41) is 15.9. The second-order valence-corrected chi connectivity index (χ2v) is 13.1. The third kappa shape index (κ3) is 5.76. The van der Waals surface area contributed by atoms with Crippen LogP contribution < -0.4 is 10.6 Å². The summed E-state index contributed by atoms with van der Waals surface area (Å²) in [4.78, 5) is 40.6. The van der Waals surface area contributed by atoms with Crippen LogP contribution >= 0.6 is 0 Å². The number of rotatable bonds is 9. The van der Waals surface area contributed by atoms with Crippen LogP contribution in [0.3, 0.4) is 0 Å². The van der Waals surface area contributed by atoms with Gasteiger partial charge in [-0.2, -0.15) is 0 Å². The third-order valence-electron chi connectivity index (χ3n) is 8.88. The molecule has 35 heavy (non-hydrogen) atoms. The largest absolute Gasteiger partial charge is 0.478 e. The predicted octanol–water partition coefficient (Wildman–Crippen LogP) is 3.84. The Bertz CT molecular complexity index is 821. The monoisotopic (exact) mass is 489 g/mol. The number of nitrogens with one attached hydrogen (secondary N) is 2. The van der Waals surface area contributed by atoms with Gasteiger partial charge in [0.15, 0.2) is 0 Å². The van der Waals surface area contributed by atoms with Crippen LogP contribution in [0.15, 0.2) is 11.6 Å². The zero-order valence-electron chi connectivity index (χ0n) is 23.0. The van der Waals surface area contributed by atoms with Crippen LogP contribution in [0.5, 0.6) is 0 Å². The van der Waals surface area contributed by atoms with E-state index in [4.69, 9.17) is 0 Å². The van der Waals surface area contributed by atoms with Crippen LogP contribution in [-0.4, -0.2) is 60.0 Å². The Labute approximate surface area is 211 Å². The lowest BCUT2D eigenvalue weighted by atomic mass is 9.47. The van der Waals surface area contributed by atoms with Gasteiger partial charge in [-0.1, -0.05) is 40.7 Å². The summed E-state index contributed by atoms with van der Waals surface area (Å²) in [5.74, 6) is 0.927. The molecule has 4 rings (SSSR count). The highest BCUT2D eigenvalue weighted by Crippen LogP contribution is 2.61. The van der Waals surface area contributed by atoms with Gasteiger partial charge in [0, 0.05) is 12.6 Å². The summed E-state index contributed by atoms with van der Waals surface area (Å²) in [6, 6.07) is -1.41. The van der Waals surface area contributed by atoms with E-state index in [0.29, 0.717) is 0 Å². The van der Waals surface area contributed by atoms with Gasteiger partial charge >= 0.3 is 5.97 Å². The van der Waals surface area contributed by atoms with Gasteiger partial charge in [0.05, 0.1) is 12.1 Å². The molecule has 0 aromatic carbocycles. The Hall–Kier alpha value is -1.89. The number of amides is 2. The van der Waals surface area contributed by atoms with Crippen molar-refractivity contribution in [3.8, 4) is 0 Å². The fourth-order valence-corrected chi connectivity index (χ4v) is 7.55. The topological polar surface area (TPSA) is 98.7 Å². The minimum absolute atomic E-state index is 0.0200. The lowest BCUT2D eigenvalue weighted by Gasteiger charge is -2.59. The lowest BCUT2D eigenvalue weighted by molar-refractivity contribution is -0.144. The van der Waals surface area contributed by atoms with E-state index >= 15 is 0 Å². The molecule has 0 aliphatic heterocycles. The molecule has 0 spiro atoms. The predicted molar refractivity (Wildman–Crippen MR) is 138 cm³/mol. The molecule has 0 saturated heterocycles. The van der Waals surface area contributed by atoms with E-state index in [2.05, 4.69) is 10.6 Å². The molecule has 0 radical (unpaired) electrons. The van der Waals surface area contributed by atoms with Crippen LogP contribution in [0.4, 0.5) is 0 Å². The van der Waals surface area contributed by atoms with Gasteiger partial charge in [-0.3, -0.25) is 9.59 Å². The zero-order valence-corrected chi connectivity index (χ0v) is 23.0. The van der Waals surface area contributed by atoms with Crippen molar-refractivity contribution < 1.29 is 19.5 Å². The summed E-state index contributed by atoms with van der Waals surface area (Å²) in [5.41, 5.74) is -0.322. The normalized spacial score (nSPS) is 30.7. The van der Waals surface area contributed by atoms with Crippen LogP contribution in [0.1, 0.15) is 80.1 Å². The maximum atomic E-state index is 13.8. The molecule has 0 aromatic rings. The smallest absolute Gasteiger partial charge is 0.331 e. The van der Waals surface area contributed by atoms with Crippen molar-refractivity contribution in [3.05, 3.63) is 11.6 Å². The fraction of sp³-hybridized carbons (Fsp3) is 0.821. The first-order chi connectivity index (χ1) is 16.2. The van der Waals surface area contributed by atoms with Crippen molar-refractivity contribution in [2.45, 2.75) is 98.2 Å². The van der Waals surface area contributed by atoms with E-state index in [1.54, 1.807) is 24.9 Å². The number of nitrogens with zero attached hydrogens (tertiary/aromatic N) is 1. The molecule has 4 saturated carbocycles. The molecule has 3 atom stereocenters. The number of hydrogen-bond acceptors (Lipinski definition) is 4. The summed E-state index contributed by atoms with van der Waals surface area (Å²) in [7, 11) is 3.58. The SMILES string of the molecule is CN[C@@H](C(=O)N[C@H](C(=O)N(C)[C@H](/C=C(\C)C(=O)O)C(C)C)C(C)(C)C)C12CC3CC(CC(C3)C1)C2. The number of carboxylic acid groups (broad SMARTS) is 1. The first-order valence-corrected chi connectivity index (χ1v) is 13.3. The van der Waals surface area contributed by atoms with Crippen LogP contribution in [0, 0.1) is 34.5 Å². The van der Waals surface area contributed by atoms with Gasteiger partial charge in [0.25, 0.3) is 0 Å². The van der Waals surface area contributed by atoms with Crippen molar-refractivity contribution in [2.24, 2.45) is 34.5 Å². The zero-order chi connectivity index (χ0) is 26.3. The van der Waals surface area contributed by atoms with E-state index in [1.807, 2.05) is 41.7 Å². The van der Waals surface area contributed by atoms with E-state index in [-0.39, 0.29) is 40.8 Å². The van der Waals surface area contributed by atoms with Crippen LogP contribution in [0.2, 0.25) is 0 Å². The number of likely N-dealkylation sites (N-methyl/N-ethyl adjacent to an activating group) is 2. The third-order valence-corrected chi connectivity index (χ3v) is 8.88. The van der Waals surface area contributed by atoms with Crippen molar-refractivity contribution in [1.82, 2.24) is 15.5 Å². The Morgan fingerprint density at radius 2 is 1.51 bits per heavy atom. The summed E-state index contributed by atoms with van der Waals surface area (Å²) in [6.07, 6.45) is 8.86. The second-order valence-electron chi connectivity index (χ2n) is 13.1. The molecule has 7 heteroatoms. The standard InChI is InChI=1S/C28H47N3O4/c1-16(2)21(9-17(3)26(34)35)31(8)25(33)23(27(4,5)6)30-24(32)22(29-7)28-13-18-10-19(14-28)12-20(11-18)15-28/h9,16,18-23,29H,10-15H2,1-8H3,(H,30,32)(H,34,35)/b17-9+/t18?,19?,20?,21-,22+,23-,28?/m1/s1. The average molecular weight is 490 g/mol. The van der Waals surface area contributed by atoms with Crippen molar-refractivity contribution in [2.75, 3.05) is 14.1 Å². The van der Waals surface area contributed by atoms with E-state index in [9.17, 15) is 19.5 Å². The lowest BCUT2D eigenvalue weighted by Crippen LogP contribution is -2.64. The minimum atomic E-state index is -0.996. The molecule has 4 bridgehead atoms. The molecule has 0 aromatic heterocycles. The maximum absolute atomic E-state index is 13.8. The molecule has 0 heterocycles. The highest BCUT2D eigenvalue weighted by molar-refractivity contribution is 5.91. The number of carbonyl (C=O) groups excluding carboxylic acids is 2. The van der Waals surface area contributed by atoms with Gasteiger partial charge in [0.1, 0.15) is 6.04 Å². The molecular weight excluding hydrogens is 442 g/mol. The van der Waals surface area contributed by atoms with Gasteiger partial charge in [-0.05, 0) is 87.0 Å². The summed E-state index contributed by atoms with van der Waals surface area (Å²) >= 11 is 0. The number of aliphatic carboxylic acids is 1. The molecule has 2 amide bonds. The van der Waals surface area contributed by atoms with Crippen molar-refractivity contribution >= 4 is 17.8 Å². The quantitative estimate of drug-likeness (QED) is 0.428. The summed E-state index contributed by atoms with van der Waals surface area (Å²) < 4.78 is 0. The number of carbonyl (C=O) groups is 3. The maximum Gasteiger partial charge on any atom is 0.331 e. The highest BCUT2D eigenvalue weighted by atomic mass is 16.4. The van der Waals surface area contributed by atoms with Gasteiger partial charge in [0.2, 0.25) is 11.8 Å². The van der Waals surface area contributed by atoms with E-state index in [1.165, 1.54) is 19.3 Å². The molecule has 4 fully saturated rings. The van der Waals surface area contributed by atoms with E-state index < -0.39 is 17.4 Å². The molecule has 4 aliphatic carbocycles. The minimum Gasteiger partial charge on any atom is -0.478 e. The highest BCUT2D eigenvalue weighted by Gasteiger charge is 2.56. The Morgan fingerprint density at radius 1 is 1.03 bits per heavy atom. The Morgan fingerprint density at radius 3 is 1.89 bits per heavy atom. The fourth-order valence-electron chi connectivity index (χ4n) is 7.55. The van der Waals surface area contributed by atoms with Crippen molar-refractivity contribution in [3.63, 3.8) is 0 Å². The first-order valence-electron chi connectivity index (χ1n) is 13.3. The number of hydrogen-bond donors (Lipinski definition) is 3. The second kappa shape index (κ2) is 10.2.